The molecule has 2 N–H and O–H groups in total. The van der Waals surface area contributed by atoms with Crippen LogP contribution >= 0.6 is 0 Å². The summed E-state index contributed by atoms with van der Waals surface area (Å²) in [6.45, 7) is 4.98. The van der Waals surface area contributed by atoms with Crippen LogP contribution in [0.1, 0.15) is 12.5 Å². The zero-order chi connectivity index (χ0) is 15.8. The Morgan fingerprint density at radius 1 is 1.27 bits per heavy atom. The van der Waals surface area contributed by atoms with Gasteiger partial charge in [-0.3, -0.25) is 0 Å². The number of methoxy groups -OCH3 is 1. The summed E-state index contributed by atoms with van der Waals surface area (Å²) in [5.41, 5.74) is 1.03. The molecule has 0 aromatic heterocycles. The number of carbonyl (C=O) groups is 1. The molecule has 1 aliphatic heterocycles. The molecule has 2 rings (SSSR count). The monoisotopic (exact) mass is 310 g/mol. The van der Waals surface area contributed by atoms with E-state index >= 15 is 0 Å². The molecule has 0 radical (unpaired) electrons. The standard InChI is InChI=1S/C15H22N2O5/c1-3-20-15(18)17-5-4-16-10-11-8-12(19-2)14-13(9-11)21-6-7-22-14/h8-9,16H,3-7,10H2,1-2H3,(H,17,18). The fourth-order valence-corrected chi connectivity index (χ4v) is 2.10. The van der Waals surface area contributed by atoms with Gasteiger partial charge in [-0.25, -0.2) is 4.79 Å². The van der Waals surface area contributed by atoms with E-state index in [-0.39, 0.29) is 0 Å². The second kappa shape index (κ2) is 8.33. The van der Waals surface area contributed by atoms with Crippen LogP contribution in [-0.4, -0.2) is 46.1 Å². The van der Waals surface area contributed by atoms with Crippen molar-refractivity contribution in [2.45, 2.75) is 13.5 Å². The fourth-order valence-electron chi connectivity index (χ4n) is 2.10. The Bertz CT molecular complexity index is 490. The molecule has 1 amide bonds. The highest BCUT2D eigenvalue weighted by molar-refractivity contribution is 5.66. The smallest absolute Gasteiger partial charge is 0.407 e. The van der Waals surface area contributed by atoms with E-state index < -0.39 is 6.09 Å². The van der Waals surface area contributed by atoms with E-state index in [1.807, 2.05) is 12.1 Å². The van der Waals surface area contributed by atoms with Gasteiger partial charge in [0.05, 0.1) is 13.7 Å². The van der Waals surface area contributed by atoms with E-state index in [0.717, 1.165) is 5.56 Å². The minimum absolute atomic E-state index is 0.371. The Hall–Kier alpha value is -2.15. The highest BCUT2D eigenvalue weighted by Gasteiger charge is 2.18. The molecule has 0 aliphatic carbocycles. The van der Waals surface area contributed by atoms with E-state index in [1.165, 1.54) is 0 Å². The summed E-state index contributed by atoms with van der Waals surface area (Å²) >= 11 is 0. The summed E-state index contributed by atoms with van der Waals surface area (Å²) < 4.78 is 21.3. The number of benzene rings is 1. The van der Waals surface area contributed by atoms with Gasteiger partial charge in [-0.2, -0.15) is 0 Å². The molecular weight excluding hydrogens is 288 g/mol. The molecule has 1 aromatic carbocycles. The van der Waals surface area contributed by atoms with Crippen molar-refractivity contribution in [2.75, 3.05) is 40.0 Å². The molecule has 0 fully saturated rings. The molecule has 1 aromatic rings. The minimum atomic E-state index is -0.398. The maximum absolute atomic E-state index is 11.1. The third-order valence-corrected chi connectivity index (χ3v) is 3.06. The Labute approximate surface area is 129 Å². The van der Waals surface area contributed by atoms with Crippen LogP contribution < -0.4 is 24.8 Å². The Morgan fingerprint density at radius 3 is 2.86 bits per heavy atom. The van der Waals surface area contributed by atoms with Crippen LogP contribution in [0.3, 0.4) is 0 Å². The predicted octanol–water partition coefficient (Wildman–Crippen LogP) is 1.30. The molecule has 0 atom stereocenters. The maximum atomic E-state index is 11.1. The largest absolute Gasteiger partial charge is 0.493 e. The summed E-state index contributed by atoms with van der Waals surface area (Å²) in [5, 5.41) is 5.88. The third kappa shape index (κ3) is 4.42. The number of nitrogens with one attached hydrogen (secondary N) is 2. The van der Waals surface area contributed by atoms with Gasteiger partial charge in [0.2, 0.25) is 5.75 Å². The maximum Gasteiger partial charge on any atom is 0.407 e. The van der Waals surface area contributed by atoms with Crippen molar-refractivity contribution in [3.05, 3.63) is 17.7 Å². The number of fused-ring (bicyclic) bond motifs is 1. The van der Waals surface area contributed by atoms with E-state index in [1.54, 1.807) is 14.0 Å². The first-order valence-electron chi connectivity index (χ1n) is 7.32. The lowest BCUT2D eigenvalue weighted by molar-refractivity contribution is 0.152. The van der Waals surface area contributed by atoms with Crippen LogP contribution in [0.4, 0.5) is 4.79 Å². The quantitative estimate of drug-likeness (QED) is 0.739. The summed E-state index contributed by atoms with van der Waals surface area (Å²) in [4.78, 5) is 11.1. The van der Waals surface area contributed by atoms with Crippen LogP contribution in [0.5, 0.6) is 17.2 Å². The first-order chi connectivity index (χ1) is 10.7. The number of hydrogen-bond donors (Lipinski definition) is 2. The normalized spacial score (nSPS) is 12.6. The fraction of sp³-hybridized carbons (Fsp3) is 0.533. The molecule has 0 unspecified atom stereocenters. The molecule has 1 heterocycles. The zero-order valence-corrected chi connectivity index (χ0v) is 12.9. The second-order valence-electron chi connectivity index (χ2n) is 4.65. The Kier molecular flexibility index (Phi) is 6.14. The van der Waals surface area contributed by atoms with Crippen molar-refractivity contribution in [1.29, 1.82) is 0 Å². The van der Waals surface area contributed by atoms with Gasteiger partial charge < -0.3 is 29.6 Å². The molecule has 7 heteroatoms. The first kappa shape index (κ1) is 16.2. The molecule has 7 nitrogen and oxygen atoms in total. The number of hydrogen-bond acceptors (Lipinski definition) is 6. The van der Waals surface area contributed by atoms with Crippen LogP contribution in [0.25, 0.3) is 0 Å². The van der Waals surface area contributed by atoms with Crippen LogP contribution in [-0.2, 0) is 11.3 Å². The number of rotatable bonds is 7. The van der Waals surface area contributed by atoms with Crippen molar-refractivity contribution in [2.24, 2.45) is 0 Å². The topological polar surface area (TPSA) is 78.1 Å². The summed E-state index contributed by atoms with van der Waals surface area (Å²) in [5.74, 6) is 2.02. The van der Waals surface area contributed by atoms with Crippen LogP contribution in [0, 0.1) is 0 Å². The van der Waals surface area contributed by atoms with Crippen LogP contribution in [0.2, 0.25) is 0 Å². The van der Waals surface area contributed by atoms with Gasteiger partial charge >= 0.3 is 6.09 Å². The lowest BCUT2D eigenvalue weighted by Gasteiger charge is -2.21. The van der Waals surface area contributed by atoms with Crippen molar-refractivity contribution in [1.82, 2.24) is 10.6 Å². The number of alkyl carbamates (subject to hydrolysis) is 1. The van der Waals surface area contributed by atoms with Gasteiger partial charge in [-0.05, 0) is 24.6 Å². The van der Waals surface area contributed by atoms with Gasteiger partial charge in [0, 0.05) is 19.6 Å². The van der Waals surface area contributed by atoms with Gasteiger partial charge in [0.25, 0.3) is 0 Å². The average molecular weight is 310 g/mol. The third-order valence-electron chi connectivity index (χ3n) is 3.06. The number of amides is 1. The average Bonchev–Trinajstić information content (AvgIpc) is 2.54. The predicted molar refractivity (Wildman–Crippen MR) is 80.7 cm³/mol. The molecular formula is C15H22N2O5. The van der Waals surface area contributed by atoms with E-state index in [0.29, 0.717) is 56.7 Å². The first-order valence-corrected chi connectivity index (χ1v) is 7.32. The minimum Gasteiger partial charge on any atom is -0.493 e. The number of carbonyl (C=O) groups excluding carboxylic acids is 1. The van der Waals surface area contributed by atoms with Gasteiger partial charge in [-0.1, -0.05) is 0 Å². The van der Waals surface area contributed by atoms with Crippen molar-refractivity contribution in [3.63, 3.8) is 0 Å². The van der Waals surface area contributed by atoms with E-state index in [4.69, 9.17) is 18.9 Å². The Morgan fingerprint density at radius 2 is 2.09 bits per heavy atom. The van der Waals surface area contributed by atoms with E-state index in [2.05, 4.69) is 10.6 Å². The summed E-state index contributed by atoms with van der Waals surface area (Å²) in [6.07, 6.45) is -0.398. The van der Waals surface area contributed by atoms with E-state index in [9.17, 15) is 4.79 Å². The molecule has 0 saturated carbocycles. The summed E-state index contributed by atoms with van der Waals surface area (Å²) in [7, 11) is 1.61. The lowest BCUT2D eigenvalue weighted by atomic mass is 10.1. The molecule has 122 valence electrons. The molecule has 0 spiro atoms. The highest BCUT2D eigenvalue weighted by Crippen LogP contribution is 2.40. The highest BCUT2D eigenvalue weighted by atomic mass is 16.6. The van der Waals surface area contributed by atoms with Crippen molar-refractivity contribution in [3.8, 4) is 17.2 Å². The molecule has 22 heavy (non-hydrogen) atoms. The SMILES string of the molecule is CCOC(=O)NCCNCc1cc(OC)c2c(c1)OCCO2. The second-order valence-corrected chi connectivity index (χ2v) is 4.65. The summed E-state index contributed by atoms with van der Waals surface area (Å²) in [6, 6.07) is 3.85. The van der Waals surface area contributed by atoms with Gasteiger partial charge in [0.1, 0.15) is 13.2 Å². The van der Waals surface area contributed by atoms with Crippen molar-refractivity contribution >= 4 is 6.09 Å². The molecule has 0 bridgehead atoms. The molecule has 1 aliphatic rings. The van der Waals surface area contributed by atoms with Crippen LogP contribution in [0.15, 0.2) is 12.1 Å². The lowest BCUT2D eigenvalue weighted by Crippen LogP contribution is -2.32. The van der Waals surface area contributed by atoms with Crippen molar-refractivity contribution < 1.29 is 23.7 Å². The number of ether oxygens (including phenoxy) is 4. The van der Waals surface area contributed by atoms with Gasteiger partial charge in [0.15, 0.2) is 11.5 Å². The van der Waals surface area contributed by atoms with Gasteiger partial charge in [-0.15, -0.1) is 0 Å². The zero-order valence-electron chi connectivity index (χ0n) is 12.9. The Balaban J connectivity index is 1.82. The molecule has 0 saturated heterocycles.